The SMILES string of the molecule is O=C1CC(CO)CN1c1cc(Cl)ncc1[N+](=O)[O-]. The Kier molecular flexibility index (Phi) is 3.44. The van der Waals surface area contributed by atoms with Crippen LogP contribution in [-0.2, 0) is 4.79 Å². The standard InChI is InChI=1S/C10H10ClN3O4/c11-9-2-7(8(3-12-9)14(17)18)13-4-6(5-15)1-10(13)16/h2-3,6,15H,1,4-5H2. The summed E-state index contributed by atoms with van der Waals surface area (Å²) < 4.78 is 0. The first kappa shape index (κ1) is 12.7. The van der Waals surface area contributed by atoms with E-state index in [1.807, 2.05) is 0 Å². The molecule has 8 heteroatoms. The Labute approximate surface area is 107 Å². The van der Waals surface area contributed by atoms with E-state index in [4.69, 9.17) is 16.7 Å². The summed E-state index contributed by atoms with van der Waals surface area (Å²) in [6, 6.07) is 1.29. The van der Waals surface area contributed by atoms with Crippen LogP contribution >= 0.6 is 11.6 Å². The Morgan fingerprint density at radius 1 is 1.67 bits per heavy atom. The lowest BCUT2D eigenvalue weighted by Gasteiger charge is -2.16. The van der Waals surface area contributed by atoms with Crippen LogP contribution in [0.2, 0.25) is 5.15 Å². The highest BCUT2D eigenvalue weighted by atomic mass is 35.5. The van der Waals surface area contributed by atoms with Gasteiger partial charge in [-0.3, -0.25) is 14.9 Å². The summed E-state index contributed by atoms with van der Waals surface area (Å²) in [4.78, 5) is 26.9. The number of aromatic nitrogens is 1. The highest BCUT2D eigenvalue weighted by molar-refractivity contribution is 6.29. The Morgan fingerprint density at radius 3 is 2.94 bits per heavy atom. The zero-order valence-electron chi connectivity index (χ0n) is 9.24. The quantitative estimate of drug-likeness (QED) is 0.502. The second-order valence-corrected chi connectivity index (χ2v) is 4.40. The molecule has 0 aromatic carbocycles. The lowest BCUT2D eigenvalue weighted by Crippen LogP contribution is -2.25. The number of hydrogen-bond donors (Lipinski definition) is 1. The molecule has 1 saturated heterocycles. The Balaban J connectivity index is 2.41. The van der Waals surface area contributed by atoms with E-state index in [0.717, 1.165) is 6.20 Å². The van der Waals surface area contributed by atoms with Crippen molar-refractivity contribution in [1.82, 2.24) is 4.98 Å². The molecule has 0 saturated carbocycles. The molecule has 18 heavy (non-hydrogen) atoms. The van der Waals surface area contributed by atoms with E-state index in [2.05, 4.69) is 4.98 Å². The Hall–Kier alpha value is -1.73. The van der Waals surface area contributed by atoms with Crippen molar-refractivity contribution in [3.05, 3.63) is 27.5 Å². The Bertz CT molecular complexity index is 508. The van der Waals surface area contributed by atoms with Gasteiger partial charge in [0, 0.05) is 31.6 Å². The molecule has 0 bridgehead atoms. The van der Waals surface area contributed by atoms with Crippen LogP contribution in [0.5, 0.6) is 0 Å². The number of carbonyl (C=O) groups is 1. The number of carbonyl (C=O) groups excluding carboxylic acids is 1. The maximum atomic E-state index is 11.8. The van der Waals surface area contributed by atoms with Gasteiger partial charge in [-0.2, -0.15) is 0 Å². The number of amides is 1. The number of hydrogen-bond acceptors (Lipinski definition) is 5. The first-order valence-corrected chi connectivity index (χ1v) is 5.62. The lowest BCUT2D eigenvalue weighted by molar-refractivity contribution is -0.384. The summed E-state index contributed by atoms with van der Waals surface area (Å²) in [6.07, 6.45) is 1.20. The first-order chi connectivity index (χ1) is 8.52. The molecule has 1 atom stereocenters. The fraction of sp³-hybridized carbons (Fsp3) is 0.400. The molecule has 1 aromatic rings. The van der Waals surface area contributed by atoms with Crippen molar-refractivity contribution < 1.29 is 14.8 Å². The molecule has 1 unspecified atom stereocenters. The summed E-state index contributed by atoms with van der Waals surface area (Å²) in [5.74, 6) is -0.469. The minimum Gasteiger partial charge on any atom is -0.396 e. The number of nitro groups is 1. The molecule has 7 nitrogen and oxygen atoms in total. The number of aliphatic hydroxyl groups is 1. The van der Waals surface area contributed by atoms with Gasteiger partial charge in [0.05, 0.1) is 4.92 Å². The predicted octanol–water partition coefficient (Wildman–Crippen LogP) is 0.988. The van der Waals surface area contributed by atoms with Gasteiger partial charge in [-0.05, 0) is 0 Å². The molecule has 1 fully saturated rings. The third kappa shape index (κ3) is 2.27. The average molecular weight is 272 g/mol. The van der Waals surface area contributed by atoms with Crippen LogP contribution in [0.1, 0.15) is 6.42 Å². The molecule has 0 radical (unpaired) electrons. The van der Waals surface area contributed by atoms with E-state index >= 15 is 0 Å². The zero-order chi connectivity index (χ0) is 13.3. The molecule has 0 aliphatic carbocycles. The van der Waals surface area contributed by atoms with E-state index in [9.17, 15) is 14.9 Å². The summed E-state index contributed by atoms with van der Waals surface area (Å²) >= 11 is 5.70. The van der Waals surface area contributed by atoms with Gasteiger partial charge < -0.3 is 10.0 Å². The van der Waals surface area contributed by atoms with Gasteiger partial charge in [-0.1, -0.05) is 11.6 Å². The average Bonchev–Trinajstić information content (AvgIpc) is 2.70. The van der Waals surface area contributed by atoms with Gasteiger partial charge in [0.15, 0.2) is 0 Å². The van der Waals surface area contributed by atoms with Crippen molar-refractivity contribution in [3.63, 3.8) is 0 Å². The van der Waals surface area contributed by atoms with Crippen molar-refractivity contribution in [2.45, 2.75) is 6.42 Å². The van der Waals surface area contributed by atoms with Crippen molar-refractivity contribution in [3.8, 4) is 0 Å². The zero-order valence-corrected chi connectivity index (χ0v) is 10.0. The highest BCUT2D eigenvalue weighted by Crippen LogP contribution is 2.33. The van der Waals surface area contributed by atoms with Crippen molar-refractivity contribution in [2.24, 2.45) is 5.92 Å². The minimum atomic E-state index is -0.613. The summed E-state index contributed by atoms with van der Waals surface area (Å²) in [7, 11) is 0. The van der Waals surface area contributed by atoms with Gasteiger partial charge in [0.25, 0.3) is 0 Å². The van der Waals surface area contributed by atoms with Gasteiger partial charge in [-0.15, -0.1) is 0 Å². The first-order valence-electron chi connectivity index (χ1n) is 5.24. The van der Waals surface area contributed by atoms with Crippen LogP contribution < -0.4 is 4.90 Å². The molecule has 0 spiro atoms. The fourth-order valence-electron chi connectivity index (χ4n) is 1.91. The fourth-order valence-corrected chi connectivity index (χ4v) is 2.06. The third-order valence-electron chi connectivity index (χ3n) is 2.78. The highest BCUT2D eigenvalue weighted by Gasteiger charge is 2.34. The van der Waals surface area contributed by atoms with Crippen molar-refractivity contribution in [2.75, 3.05) is 18.1 Å². The van der Waals surface area contributed by atoms with Crippen LogP contribution in [0, 0.1) is 16.0 Å². The molecule has 1 aliphatic heterocycles. The van der Waals surface area contributed by atoms with Crippen LogP contribution in [0.3, 0.4) is 0 Å². The molecule has 1 N–H and O–H groups in total. The molecular weight excluding hydrogens is 262 g/mol. The Morgan fingerprint density at radius 2 is 2.39 bits per heavy atom. The normalized spacial score (nSPS) is 19.3. The smallest absolute Gasteiger partial charge is 0.311 e. The molecule has 1 aliphatic rings. The van der Waals surface area contributed by atoms with Crippen LogP contribution in [-0.4, -0.2) is 34.1 Å². The number of halogens is 1. The number of anilines is 1. The topological polar surface area (TPSA) is 96.6 Å². The van der Waals surface area contributed by atoms with Crippen molar-refractivity contribution in [1.29, 1.82) is 0 Å². The van der Waals surface area contributed by atoms with Gasteiger partial charge in [-0.25, -0.2) is 4.98 Å². The van der Waals surface area contributed by atoms with E-state index in [1.54, 1.807) is 0 Å². The number of rotatable bonds is 3. The van der Waals surface area contributed by atoms with E-state index in [-0.39, 0.29) is 47.9 Å². The van der Waals surface area contributed by atoms with Crippen molar-refractivity contribution >= 4 is 28.9 Å². The van der Waals surface area contributed by atoms with E-state index < -0.39 is 4.92 Å². The number of pyridine rings is 1. The molecule has 1 amide bonds. The molecule has 96 valence electrons. The van der Waals surface area contributed by atoms with Gasteiger partial charge >= 0.3 is 5.69 Å². The van der Waals surface area contributed by atoms with E-state index in [1.165, 1.54) is 11.0 Å². The monoisotopic (exact) mass is 271 g/mol. The molecule has 2 rings (SSSR count). The number of aliphatic hydroxyl groups excluding tert-OH is 1. The summed E-state index contributed by atoms with van der Waals surface area (Å²) in [6.45, 7) is 0.116. The predicted molar refractivity (Wildman–Crippen MR) is 63.4 cm³/mol. The summed E-state index contributed by atoms with van der Waals surface area (Å²) in [5, 5.41) is 20.0. The largest absolute Gasteiger partial charge is 0.396 e. The maximum absolute atomic E-state index is 11.8. The molecular formula is C10H10ClN3O4. The maximum Gasteiger partial charge on any atom is 0.311 e. The molecule has 1 aromatic heterocycles. The van der Waals surface area contributed by atoms with Crippen LogP contribution in [0.4, 0.5) is 11.4 Å². The third-order valence-corrected chi connectivity index (χ3v) is 2.99. The van der Waals surface area contributed by atoms with Gasteiger partial charge in [0.1, 0.15) is 17.0 Å². The summed E-state index contributed by atoms with van der Waals surface area (Å²) in [5.41, 5.74) is -0.146. The van der Waals surface area contributed by atoms with Gasteiger partial charge in [0.2, 0.25) is 5.91 Å². The number of nitrogens with zero attached hydrogens (tertiary/aromatic N) is 3. The lowest BCUT2D eigenvalue weighted by atomic mass is 10.1. The van der Waals surface area contributed by atoms with Crippen LogP contribution in [0.15, 0.2) is 12.3 Å². The molecule has 2 heterocycles. The van der Waals surface area contributed by atoms with Crippen LogP contribution in [0.25, 0.3) is 0 Å². The minimum absolute atomic E-state index is 0.0795. The van der Waals surface area contributed by atoms with E-state index in [0.29, 0.717) is 0 Å². The second kappa shape index (κ2) is 4.87. The second-order valence-electron chi connectivity index (χ2n) is 4.01.